The van der Waals surface area contributed by atoms with Gasteiger partial charge >= 0.3 is 0 Å². The number of anilines is 2. The Hall–Kier alpha value is -3.82. The minimum Gasteiger partial charge on any atom is -0.338 e. The molecule has 0 fully saturated rings. The minimum atomic E-state index is -0.241. The van der Waals surface area contributed by atoms with E-state index in [4.69, 9.17) is 0 Å². The molecule has 8 nitrogen and oxygen atoms in total. The van der Waals surface area contributed by atoms with Crippen LogP contribution < -0.4 is 10.6 Å². The zero-order chi connectivity index (χ0) is 23.5. The molecule has 34 heavy (non-hydrogen) atoms. The van der Waals surface area contributed by atoms with E-state index in [0.29, 0.717) is 6.54 Å². The number of rotatable bonds is 9. The molecule has 0 aliphatic heterocycles. The maximum atomic E-state index is 13.6. The van der Waals surface area contributed by atoms with Crippen molar-refractivity contribution < 1.29 is 4.39 Å². The number of hydrogen-bond donors (Lipinski definition) is 2. The summed E-state index contributed by atoms with van der Waals surface area (Å²) < 4.78 is 17.3. The monoisotopic (exact) mass is 458 g/mol. The molecule has 0 saturated heterocycles. The van der Waals surface area contributed by atoms with Gasteiger partial charge in [0.05, 0.1) is 18.3 Å². The Morgan fingerprint density at radius 1 is 1.09 bits per heavy atom. The highest BCUT2D eigenvalue weighted by Gasteiger charge is 2.13. The maximum Gasteiger partial charge on any atom is 0.158 e. The van der Waals surface area contributed by atoms with E-state index < -0.39 is 0 Å². The van der Waals surface area contributed by atoms with Crippen LogP contribution in [0.4, 0.5) is 15.9 Å². The molecular formula is C25H27FN8. The van der Waals surface area contributed by atoms with Crippen LogP contribution in [0.25, 0.3) is 16.4 Å². The summed E-state index contributed by atoms with van der Waals surface area (Å²) in [7, 11) is 4.06. The molecule has 0 spiro atoms. The van der Waals surface area contributed by atoms with E-state index in [1.54, 1.807) is 12.4 Å². The molecule has 2 aromatic carbocycles. The normalized spacial score (nSPS) is 11.6. The van der Waals surface area contributed by atoms with Crippen molar-refractivity contribution in [2.75, 3.05) is 32.5 Å². The van der Waals surface area contributed by atoms with Crippen LogP contribution in [0, 0.1) is 5.82 Å². The highest BCUT2D eigenvalue weighted by Crippen LogP contribution is 2.26. The van der Waals surface area contributed by atoms with E-state index >= 15 is 0 Å². The lowest BCUT2D eigenvalue weighted by atomic mass is 10.2. The second kappa shape index (κ2) is 9.58. The van der Waals surface area contributed by atoms with E-state index in [1.165, 1.54) is 12.1 Å². The van der Waals surface area contributed by atoms with E-state index in [2.05, 4.69) is 43.8 Å². The lowest BCUT2D eigenvalue weighted by Crippen LogP contribution is -2.26. The van der Waals surface area contributed by atoms with Crippen LogP contribution in [-0.2, 0) is 13.1 Å². The Morgan fingerprint density at radius 2 is 2.00 bits per heavy atom. The lowest BCUT2D eigenvalue weighted by Gasteiger charge is -2.16. The Labute approximate surface area is 197 Å². The first-order valence-electron chi connectivity index (χ1n) is 11.2. The molecule has 174 valence electrons. The van der Waals surface area contributed by atoms with Crippen molar-refractivity contribution in [1.29, 1.82) is 0 Å². The number of fused-ring (bicyclic) bond motifs is 2. The summed E-state index contributed by atoms with van der Waals surface area (Å²) >= 11 is 0. The van der Waals surface area contributed by atoms with Gasteiger partial charge in [0.2, 0.25) is 0 Å². The third-order valence-corrected chi connectivity index (χ3v) is 5.85. The molecular weight excluding hydrogens is 431 g/mol. The molecule has 9 heteroatoms. The molecule has 0 radical (unpaired) electrons. The minimum absolute atomic E-state index is 0.241. The van der Waals surface area contributed by atoms with Crippen molar-refractivity contribution >= 4 is 27.9 Å². The maximum absolute atomic E-state index is 13.6. The number of aromatic nitrogens is 5. The van der Waals surface area contributed by atoms with Crippen LogP contribution in [0.15, 0.2) is 67.3 Å². The van der Waals surface area contributed by atoms with Gasteiger partial charge in [0.1, 0.15) is 17.7 Å². The van der Waals surface area contributed by atoms with Gasteiger partial charge in [-0.1, -0.05) is 12.1 Å². The summed E-state index contributed by atoms with van der Waals surface area (Å²) in [6, 6.07) is 14.8. The van der Waals surface area contributed by atoms with E-state index in [1.807, 2.05) is 52.9 Å². The van der Waals surface area contributed by atoms with Crippen LogP contribution >= 0.6 is 0 Å². The standard InChI is InChI=1S/C25H27FN8/c1-27-9-11-32(2)16-19-8-10-33-24(19)25(28-17-30-33)31-22-6-7-23-20(13-22)14-29-34(23)15-18-4-3-5-21(26)12-18/h3-8,10,12-14,17,27H,9,11,15-16H2,1-2H3,(H,28,30,31). The predicted octanol–water partition coefficient (Wildman–Crippen LogP) is 3.66. The van der Waals surface area contributed by atoms with Crippen molar-refractivity contribution in [1.82, 2.24) is 34.6 Å². The third-order valence-electron chi connectivity index (χ3n) is 5.85. The summed E-state index contributed by atoms with van der Waals surface area (Å²) in [5.41, 5.74) is 4.88. The number of likely N-dealkylation sites (N-methyl/N-ethyl adjacent to an activating group) is 2. The average Bonchev–Trinajstić information content (AvgIpc) is 3.42. The van der Waals surface area contributed by atoms with E-state index in [-0.39, 0.29) is 5.82 Å². The van der Waals surface area contributed by atoms with Crippen molar-refractivity contribution in [3.8, 4) is 0 Å². The van der Waals surface area contributed by atoms with Gasteiger partial charge in [-0.05, 0) is 61.6 Å². The van der Waals surface area contributed by atoms with Gasteiger partial charge in [-0.25, -0.2) is 13.9 Å². The Kier molecular flexibility index (Phi) is 6.20. The molecule has 0 unspecified atom stereocenters. The summed E-state index contributed by atoms with van der Waals surface area (Å²) in [6.07, 6.45) is 5.34. The predicted molar refractivity (Wildman–Crippen MR) is 132 cm³/mol. The van der Waals surface area contributed by atoms with Gasteiger partial charge in [0.25, 0.3) is 0 Å². The van der Waals surface area contributed by atoms with Crippen LogP contribution in [0.1, 0.15) is 11.1 Å². The summed E-state index contributed by atoms with van der Waals surface area (Å²) in [5, 5.41) is 16.5. The van der Waals surface area contributed by atoms with Crippen molar-refractivity contribution in [3.05, 3.63) is 84.2 Å². The number of hydrogen-bond acceptors (Lipinski definition) is 6. The van der Waals surface area contributed by atoms with Gasteiger partial charge < -0.3 is 15.5 Å². The molecule has 0 atom stereocenters. The van der Waals surface area contributed by atoms with E-state index in [0.717, 1.165) is 58.7 Å². The fraction of sp³-hybridized carbons (Fsp3) is 0.240. The number of nitrogens with one attached hydrogen (secondary N) is 2. The van der Waals surface area contributed by atoms with Crippen LogP contribution in [-0.4, -0.2) is 56.5 Å². The van der Waals surface area contributed by atoms with Gasteiger partial charge in [-0.3, -0.25) is 4.68 Å². The molecule has 5 aromatic rings. The summed E-state index contributed by atoms with van der Waals surface area (Å²) in [5.74, 6) is 0.512. The van der Waals surface area contributed by atoms with Gasteiger partial charge in [0, 0.05) is 36.9 Å². The molecule has 0 amide bonds. The van der Waals surface area contributed by atoms with Crippen LogP contribution in [0.5, 0.6) is 0 Å². The van der Waals surface area contributed by atoms with Crippen molar-refractivity contribution in [2.24, 2.45) is 0 Å². The summed E-state index contributed by atoms with van der Waals surface area (Å²) in [4.78, 5) is 6.79. The second-order valence-electron chi connectivity index (χ2n) is 8.41. The zero-order valence-corrected chi connectivity index (χ0v) is 19.2. The number of benzene rings is 2. The van der Waals surface area contributed by atoms with Gasteiger partial charge in [-0.2, -0.15) is 10.2 Å². The van der Waals surface area contributed by atoms with Gasteiger partial charge in [0.15, 0.2) is 5.82 Å². The topological polar surface area (TPSA) is 75.3 Å². The summed E-state index contributed by atoms with van der Waals surface area (Å²) in [6.45, 7) is 3.18. The first-order valence-corrected chi connectivity index (χ1v) is 11.2. The third kappa shape index (κ3) is 4.61. The van der Waals surface area contributed by atoms with Crippen molar-refractivity contribution in [2.45, 2.75) is 13.1 Å². The quantitative estimate of drug-likeness (QED) is 0.351. The van der Waals surface area contributed by atoms with Crippen LogP contribution in [0.2, 0.25) is 0 Å². The fourth-order valence-corrected chi connectivity index (χ4v) is 4.15. The largest absolute Gasteiger partial charge is 0.338 e. The molecule has 0 aliphatic carbocycles. The van der Waals surface area contributed by atoms with Crippen LogP contribution in [0.3, 0.4) is 0 Å². The average molecular weight is 459 g/mol. The molecule has 0 bridgehead atoms. The SMILES string of the molecule is CNCCN(C)Cc1ccn2ncnc(Nc3ccc4c(cnn4Cc4cccc(F)c4)c3)c12. The first kappa shape index (κ1) is 22.0. The number of nitrogens with zero attached hydrogens (tertiary/aromatic N) is 6. The molecule has 5 rings (SSSR count). The Balaban J connectivity index is 1.40. The Morgan fingerprint density at radius 3 is 2.85 bits per heavy atom. The lowest BCUT2D eigenvalue weighted by molar-refractivity contribution is 0.329. The number of halogens is 1. The molecule has 3 aromatic heterocycles. The highest BCUT2D eigenvalue weighted by molar-refractivity contribution is 5.85. The smallest absolute Gasteiger partial charge is 0.158 e. The molecule has 0 saturated carbocycles. The highest BCUT2D eigenvalue weighted by atomic mass is 19.1. The van der Waals surface area contributed by atoms with Gasteiger partial charge in [-0.15, -0.1) is 0 Å². The van der Waals surface area contributed by atoms with Crippen molar-refractivity contribution in [3.63, 3.8) is 0 Å². The first-order chi connectivity index (χ1) is 16.6. The second-order valence-corrected chi connectivity index (χ2v) is 8.41. The molecule has 0 aliphatic rings. The molecule has 2 N–H and O–H groups in total. The zero-order valence-electron chi connectivity index (χ0n) is 19.2. The fourth-order valence-electron chi connectivity index (χ4n) is 4.15. The van der Waals surface area contributed by atoms with E-state index in [9.17, 15) is 4.39 Å². The Bertz CT molecular complexity index is 1420. The molecule has 3 heterocycles.